The van der Waals surface area contributed by atoms with Crippen molar-refractivity contribution in [3.05, 3.63) is 23.8 Å². The second-order valence-corrected chi connectivity index (χ2v) is 4.54. The van der Waals surface area contributed by atoms with Crippen LogP contribution in [0.5, 0.6) is 5.75 Å². The number of phenolic OH excluding ortho intramolecular Hbond substituents is 1. The van der Waals surface area contributed by atoms with Crippen molar-refractivity contribution in [1.82, 2.24) is 10.2 Å². The Kier molecular flexibility index (Phi) is 5.45. The summed E-state index contributed by atoms with van der Waals surface area (Å²) in [6.07, 6.45) is 1.95. The molecule has 18 heavy (non-hydrogen) atoms. The smallest absolute Gasteiger partial charge is 0.253 e. The molecule has 0 spiro atoms. The predicted molar refractivity (Wildman–Crippen MR) is 72.6 cm³/mol. The van der Waals surface area contributed by atoms with E-state index in [0.717, 1.165) is 19.4 Å². The molecule has 1 aromatic carbocycles. The number of aromatic hydroxyl groups is 1. The summed E-state index contributed by atoms with van der Waals surface area (Å²) in [5.41, 5.74) is 6.38. The molecule has 100 valence electrons. The lowest BCUT2D eigenvalue weighted by Crippen LogP contribution is -2.26. The third-order valence-corrected chi connectivity index (χ3v) is 2.60. The fraction of sp³-hybridized carbons (Fsp3) is 0.462. The number of nitrogen functional groups attached to an aromatic ring is 1. The van der Waals surface area contributed by atoms with Crippen molar-refractivity contribution in [3.8, 4) is 5.75 Å². The summed E-state index contributed by atoms with van der Waals surface area (Å²) in [7, 11) is 4.04. The van der Waals surface area contributed by atoms with Crippen LogP contribution in [0, 0.1) is 0 Å². The second kappa shape index (κ2) is 6.86. The Labute approximate surface area is 108 Å². The number of hydrogen-bond acceptors (Lipinski definition) is 4. The molecule has 0 aliphatic heterocycles. The molecule has 0 aliphatic rings. The summed E-state index contributed by atoms with van der Waals surface area (Å²) < 4.78 is 0. The number of nitrogens with one attached hydrogen (secondary N) is 1. The highest BCUT2D eigenvalue weighted by molar-refractivity contribution is 5.99. The zero-order valence-corrected chi connectivity index (χ0v) is 10.9. The van der Waals surface area contributed by atoms with E-state index in [1.54, 1.807) is 0 Å². The number of phenols is 1. The molecular formula is C13H21N3O2. The Hall–Kier alpha value is -1.75. The van der Waals surface area contributed by atoms with Crippen LogP contribution < -0.4 is 11.1 Å². The first-order valence-electron chi connectivity index (χ1n) is 6.02. The zero-order valence-electron chi connectivity index (χ0n) is 10.9. The predicted octanol–water partition coefficient (Wildman–Crippen LogP) is 1.05. The van der Waals surface area contributed by atoms with Gasteiger partial charge in [-0.05, 0) is 51.7 Å². The maximum atomic E-state index is 11.8. The van der Waals surface area contributed by atoms with Gasteiger partial charge < -0.3 is 21.1 Å². The molecule has 0 bridgehead atoms. The topological polar surface area (TPSA) is 78.6 Å². The number of hydrogen-bond donors (Lipinski definition) is 3. The number of benzene rings is 1. The molecule has 4 N–H and O–H groups in total. The van der Waals surface area contributed by atoms with Gasteiger partial charge in [-0.15, -0.1) is 0 Å². The van der Waals surface area contributed by atoms with Crippen molar-refractivity contribution in [2.45, 2.75) is 12.8 Å². The molecule has 0 unspecified atom stereocenters. The van der Waals surface area contributed by atoms with Crippen LogP contribution in [0.25, 0.3) is 0 Å². The summed E-state index contributed by atoms with van der Waals surface area (Å²) in [5, 5.41) is 12.1. The SMILES string of the molecule is CN(C)CCCCNC(=O)c1cc(O)ccc1N. The summed E-state index contributed by atoms with van der Waals surface area (Å²) in [6, 6.07) is 4.37. The Morgan fingerprint density at radius 1 is 1.39 bits per heavy atom. The van der Waals surface area contributed by atoms with Gasteiger partial charge in [-0.25, -0.2) is 0 Å². The van der Waals surface area contributed by atoms with Gasteiger partial charge in [-0.1, -0.05) is 0 Å². The zero-order chi connectivity index (χ0) is 13.5. The minimum Gasteiger partial charge on any atom is -0.508 e. The van der Waals surface area contributed by atoms with Gasteiger partial charge in [-0.2, -0.15) is 0 Å². The summed E-state index contributed by atoms with van der Waals surface area (Å²) >= 11 is 0. The van der Waals surface area contributed by atoms with Crippen LogP contribution in [-0.4, -0.2) is 43.1 Å². The maximum Gasteiger partial charge on any atom is 0.253 e. The lowest BCUT2D eigenvalue weighted by Gasteiger charge is -2.10. The average molecular weight is 251 g/mol. The molecule has 0 saturated carbocycles. The normalized spacial score (nSPS) is 10.6. The monoisotopic (exact) mass is 251 g/mol. The third-order valence-electron chi connectivity index (χ3n) is 2.60. The average Bonchev–Trinajstić information content (AvgIpc) is 2.31. The Balaban J connectivity index is 2.39. The molecule has 0 atom stereocenters. The number of carbonyl (C=O) groups excluding carboxylic acids is 1. The molecular weight excluding hydrogens is 230 g/mol. The Morgan fingerprint density at radius 2 is 2.11 bits per heavy atom. The number of amides is 1. The van der Waals surface area contributed by atoms with Gasteiger partial charge in [0.2, 0.25) is 0 Å². The molecule has 1 rings (SSSR count). The number of carbonyl (C=O) groups is 1. The highest BCUT2D eigenvalue weighted by Crippen LogP contribution is 2.18. The van der Waals surface area contributed by atoms with E-state index in [1.165, 1.54) is 18.2 Å². The van der Waals surface area contributed by atoms with Gasteiger partial charge in [0.1, 0.15) is 5.75 Å². The Bertz CT molecular complexity index is 405. The third kappa shape index (κ3) is 4.63. The van der Waals surface area contributed by atoms with E-state index < -0.39 is 0 Å². The van der Waals surface area contributed by atoms with Crippen molar-refractivity contribution < 1.29 is 9.90 Å². The molecule has 5 nitrogen and oxygen atoms in total. The van der Waals surface area contributed by atoms with Crippen molar-refractivity contribution >= 4 is 11.6 Å². The van der Waals surface area contributed by atoms with Crippen LogP contribution in [0.2, 0.25) is 0 Å². The van der Waals surface area contributed by atoms with E-state index in [9.17, 15) is 9.90 Å². The van der Waals surface area contributed by atoms with Crippen LogP contribution in [0.1, 0.15) is 23.2 Å². The standard InChI is InChI=1S/C13H21N3O2/c1-16(2)8-4-3-7-15-13(18)11-9-10(17)5-6-12(11)14/h5-6,9,17H,3-4,7-8,14H2,1-2H3,(H,15,18). The van der Waals surface area contributed by atoms with E-state index in [0.29, 0.717) is 17.8 Å². The molecule has 5 heteroatoms. The fourth-order valence-electron chi connectivity index (χ4n) is 1.59. The van der Waals surface area contributed by atoms with Crippen LogP contribution in [0.15, 0.2) is 18.2 Å². The molecule has 0 aliphatic carbocycles. The second-order valence-electron chi connectivity index (χ2n) is 4.54. The summed E-state index contributed by atoms with van der Waals surface area (Å²) in [6.45, 7) is 1.62. The number of nitrogens with zero attached hydrogens (tertiary/aromatic N) is 1. The van der Waals surface area contributed by atoms with Gasteiger partial charge >= 0.3 is 0 Å². The number of rotatable bonds is 6. The van der Waals surface area contributed by atoms with Gasteiger partial charge in [0, 0.05) is 12.2 Å². The minimum atomic E-state index is -0.242. The van der Waals surface area contributed by atoms with Crippen molar-refractivity contribution in [2.24, 2.45) is 0 Å². The lowest BCUT2D eigenvalue weighted by molar-refractivity contribution is 0.0953. The first-order valence-corrected chi connectivity index (χ1v) is 6.02. The number of unbranched alkanes of at least 4 members (excludes halogenated alkanes) is 1. The maximum absolute atomic E-state index is 11.8. The molecule has 0 radical (unpaired) electrons. The minimum absolute atomic E-state index is 0.0435. The Morgan fingerprint density at radius 3 is 2.78 bits per heavy atom. The summed E-state index contributed by atoms with van der Waals surface area (Å²) in [5.74, 6) is -0.199. The van der Waals surface area contributed by atoms with E-state index >= 15 is 0 Å². The van der Waals surface area contributed by atoms with Crippen molar-refractivity contribution in [2.75, 3.05) is 32.9 Å². The highest BCUT2D eigenvalue weighted by atomic mass is 16.3. The highest BCUT2D eigenvalue weighted by Gasteiger charge is 2.09. The molecule has 0 aromatic heterocycles. The van der Waals surface area contributed by atoms with E-state index in [4.69, 9.17) is 5.73 Å². The molecule has 1 amide bonds. The van der Waals surface area contributed by atoms with E-state index in [1.807, 2.05) is 14.1 Å². The molecule has 0 saturated heterocycles. The van der Waals surface area contributed by atoms with Gasteiger partial charge in [0.25, 0.3) is 5.91 Å². The fourth-order valence-corrected chi connectivity index (χ4v) is 1.59. The molecule has 1 aromatic rings. The van der Waals surface area contributed by atoms with Crippen molar-refractivity contribution in [3.63, 3.8) is 0 Å². The largest absolute Gasteiger partial charge is 0.508 e. The quantitative estimate of drug-likeness (QED) is 0.401. The van der Waals surface area contributed by atoms with E-state index in [-0.39, 0.29) is 11.7 Å². The molecule has 0 heterocycles. The number of nitrogens with two attached hydrogens (primary N) is 1. The van der Waals surface area contributed by atoms with Crippen molar-refractivity contribution in [1.29, 1.82) is 0 Å². The summed E-state index contributed by atoms with van der Waals surface area (Å²) in [4.78, 5) is 13.9. The van der Waals surface area contributed by atoms with Gasteiger partial charge in [-0.3, -0.25) is 4.79 Å². The van der Waals surface area contributed by atoms with Crippen LogP contribution in [0.3, 0.4) is 0 Å². The molecule has 0 fully saturated rings. The van der Waals surface area contributed by atoms with Crippen LogP contribution in [-0.2, 0) is 0 Å². The van der Waals surface area contributed by atoms with E-state index in [2.05, 4.69) is 10.2 Å². The van der Waals surface area contributed by atoms with Gasteiger partial charge in [0.05, 0.1) is 5.56 Å². The first-order chi connectivity index (χ1) is 8.50. The van der Waals surface area contributed by atoms with Crippen LogP contribution >= 0.6 is 0 Å². The van der Waals surface area contributed by atoms with Crippen LogP contribution in [0.4, 0.5) is 5.69 Å². The van der Waals surface area contributed by atoms with Gasteiger partial charge in [0.15, 0.2) is 0 Å². The lowest BCUT2D eigenvalue weighted by atomic mass is 10.1. The first kappa shape index (κ1) is 14.3. The number of anilines is 1.